The summed E-state index contributed by atoms with van der Waals surface area (Å²) in [4.78, 5) is 2.58. The zero-order chi connectivity index (χ0) is 11.4. The third-order valence-corrected chi connectivity index (χ3v) is 3.76. The Morgan fingerprint density at radius 2 is 1.88 bits per heavy atom. The fourth-order valence-electron chi connectivity index (χ4n) is 2.38. The van der Waals surface area contributed by atoms with E-state index in [0.29, 0.717) is 6.04 Å². The molecule has 0 radical (unpaired) electrons. The molecule has 88 valence electrons. The van der Waals surface area contributed by atoms with Crippen molar-refractivity contribution in [3.05, 3.63) is 34.3 Å². The monoisotopic (exact) mass is 282 g/mol. The van der Waals surface area contributed by atoms with Crippen molar-refractivity contribution < 1.29 is 0 Å². The van der Waals surface area contributed by atoms with Gasteiger partial charge >= 0.3 is 0 Å². The topological polar surface area (TPSA) is 15.3 Å². The molecule has 0 spiro atoms. The number of halogens is 1. The molecule has 1 atom stereocenters. The number of rotatable bonds is 3. The molecule has 1 unspecified atom stereocenters. The van der Waals surface area contributed by atoms with Crippen molar-refractivity contribution in [1.29, 1.82) is 0 Å². The van der Waals surface area contributed by atoms with E-state index in [1.807, 2.05) is 0 Å². The third kappa shape index (κ3) is 2.84. The van der Waals surface area contributed by atoms with Crippen LogP contribution in [0.5, 0.6) is 0 Å². The maximum absolute atomic E-state index is 3.49. The van der Waals surface area contributed by atoms with E-state index in [2.05, 4.69) is 57.3 Å². The van der Waals surface area contributed by atoms with Crippen LogP contribution in [0.2, 0.25) is 0 Å². The number of benzene rings is 1. The second-order valence-corrected chi connectivity index (χ2v) is 5.18. The summed E-state index contributed by atoms with van der Waals surface area (Å²) in [6.07, 6.45) is 1.18. The summed E-state index contributed by atoms with van der Waals surface area (Å²) < 4.78 is 1.16. The first-order valence-corrected chi connectivity index (χ1v) is 6.81. The van der Waals surface area contributed by atoms with Crippen LogP contribution in [-0.2, 0) is 0 Å². The quantitative estimate of drug-likeness (QED) is 0.917. The molecule has 1 N–H and O–H groups in total. The van der Waals surface area contributed by atoms with E-state index in [0.717, 1.165) is 30.7 Å². The summed E-state index contributed by atoms with van der Waals surface area (Å²) >= 11 is 3.49. The first-order chi connectivity index (χ1) is 7.81. The Morgan fingerprint density at radius 3 is 2.44 bits per heavy atom. The Labute approximate surface area is 106 Å². The van der Waals surface area contributed by atoms with Gasteiger partial charge in [-0.25, -0.2) is 0 Å². The first-order valence-electron chi connectivity index (χ1n) is 6.01. The molecule has 1 aromatic carbocycles. The SMILES string of the molecule is CCC(c1ccc(Br)cc1)N1CCNCC1. The van der Waals surface area contributed by atoms with Gasteiger partial charge in [0.2, 0.25) is 0 Å². The summed E-state index contributed by atoms with van der Waals surface area (Å²) in [5.41, 5.74) is 1.44. The lowest BCUT2D eigenvalue weighted by atomic mass is 10.0. The molecule has 3 heteroatoms. The van der Waals surface area contributed by atoms with Gasteiger partial charge < -0.3 is 5.32 Å². The minimum absolute atomic E-state index is 0.579. The Balaban J connectivity index is 2.11. The van der Waals surface area contributed by atoms with Gasteiger partial charge in [0.15, 0.2) is 0 Å². The average molecular weight is 283 g/mol. The predicted molar refractivity (Wildman–Crippen MR) is 71.6 cm³/mol. The van der Waals surface area contributed by atoms with Crippen LogP contribution in [0.4, 0.5) is 0 Å². The van der Waals surface area contributed by atoms with Crippen molar-refractivity contribution in [1.82, 2.24) is 10.2 Å². The second kappa shape index (κ2) is 5.80. The van der Waals surface area contributed by atoms with E-state index in [1.54, 1.807) is 0 Å². The summed E-state index contributed by atoms with van der Waals surface area (Å²) in [5, 5.41) is 3.41. The van der Waals surface area contributed by atoms with Crippen LogP contribution in [0.15, 0.2) is 28.7 Å². The van der Waals surface area contributed by atoms with Gasteiger partial charge in [-0.3, -0.25) is 4.90 Å². The number of piperazine rings is 1. The van der Waals surface area contributed by atoms with E-state index in [4.69, 9.17) is 0 Å². The third-order valence-electron chi connectivity index (χ3n) is 3.23. The molecule has 0 aliphatic carbocycles. The van der Waals surface area contributed by atoms with Crippen LogP contribution in [-0.4, -0.2) is 31.1 Å². The van der Waals surface area contributed by atoms with Gasteiger partial charge in [0.1, 0.15) is 0 Å². The largest absolute Gasteiger partial charge is 0.314 e. The highest BCUT2D eigenvalue weighted by Crippen LogP contribution is 2.25. The molecule has 1 aliphatic heterocycles. The van der Waals surface area contributed by atoms with Crippen molar-refractivity contribution in [3.8, 4) is 0 Å². The lowest BCUT2D eigenvalue weighted by Crippen LogP contribution is -2.45. The molecule has 1 heterocycles. The van der Waals surface area contributed by atoms with Gasteiger partial charge in [-0.1, -0.05) is 35.0 Å². The Kier molecular flexibility index (Phi) is 4.38. The predicted octanol–water partition coefficient (Wildman–Crippen LogP) is 2.81. The van der Waals surface area contributed by atoms with Crippen LogP contribution in [0.3, 0.4) is 0 Å². The molecule has 0 amide bonds. The van der Waals surface area contributed by atoms with Gasteiger partial charge in [-0.2, -0.15) is 0 Å². The molecule has 2 nitrogen and oxygen atoms in total. The fraction of sp³-hybridized carbons (Fsp3) is 0.538. The van der Waals surface area contributed by atoms with Gasteiger partial charge in [0.25, 0.3) is 0 Å². The maximum Gasteiger partial charge on any atom is 0.0346 e. The minimum Gasteiger partial charge on any atom is -0.314 e. The highest BCUT2D eigenvalue weighted by molar-refractivity contribution is 9.10. The molecule has 1 saturated heterocycles. The molecular weight excluding hydrogens is 264 g/mol. The molecule has 0 aromatic heterocycles. The summed E-state index contributed by atoms with van der Waals surface area (Å²) in [7, 11) is 0. The maximum atomic E-state index is 3.49. The molecule has 0 bridgehead atoms. The van der Waals surface area contributed by atoms with Crippen LogP contribution in [0.25, 0.3) is 0 Å². The van der Waals surface area contributed by atoms with Gasteiger partial charge in [-0.05, 0) is 24.1 Å². The smallest absolute Gasteiger partial charge is 0.0346 e. The molecule has 1 aromatic rings. The van der Waals surface area contributed by atoms with E-state index in [1.165, 1.54) is 12.0 Å². The molecular formula is C13H19BrN2. The van der Waals surface area contributed by atoms with Crippen LogP contribution in [0, 0.1) is 0 Å². The Morgan fingerprint density at radius 1 is 1.25 bits per heavy atom. The minimum atomic E-state index is 0.579. The lowest BCUT2D eigenvalue weighted by molar-refractivity contribution is 0.169. The first kappa shape index (κ1) is 12.1. The molecule has 1 aliphatic rings. The van der Waals surface area contributed by atoms with Crippen molar-refractivity contribution >= 4 is 15.9 Å². The van der Waals surface area contributed by atoms with Crippen molar-refractivity contribution in [2.75, 3.05) is 26.2 Å². The zero-order valence-corrected chi connectivity index (χ0v) is 11.3. The molecule has 1 fully saturated rings. The van der Waals surface area contributed by atoms with Crippen LogP contribution in [0.1, 0.15) is 24.9 Å². The number of nitrogens with one attached hydrogen (secondary N) is 1. The molecule has 16 heavy (non-hydrogen) atoms. The highest BCUT2D eigenvalue weighted by Gasteiger charge is 2.19. The lowest BCUT2D eigenvalue weighted by Gasteiger charge is -2.34. The van der Waals surface area contributed by atoms with Gasteiger partial charge in [-0.15, -0.1) is 0 Å². The van der Waals surface area contributed by atoms with E-state index >= 15 is 0 Å². The zero-order valence-electron chi connectivity index (χ0n) is 9.75. The van der Waals surface area contributed by atoms with Gasteiger partial charge in [0.05, 0.1) is 0 Å². The second-order valence-electron chi connectivity index (χ2n) is 4.26. The van der Waals surface area contributed by atoms with Gasteiger partial charge in [0, 0.05) is 36.7 Å². The average Bonchev–Trinajstić information content (AvgIpc) is 2.34. The van der Waals surface area contributed by atoms with Crippen LogP contribution < -0.4 is 5.32 Å². The number of hydrogen-bond acceptors (Lipinski definition) is 2. The van der Waals surface area contributed by atoms with E-state index in [-0.39, 0.29) is 0 Å². The van der Waals surface area contributed by atoms with Crippen molar-refractivity contribution in [2.45, 2.75) is 19.4 Å². The highest BCUT2D eigenvalue weighted by atomic mass is 79.9. The Hall–Kier alpha value is -0.380. The number of nitrogens with zero attached hydrogens (tertiary/aromatic N) is 1. The van der Waals surface area contributed by atoms with Crippen molar-refractivity contribution in [2.24, 2.45) is 0 Å². The summed E-state index contributed by atoms with van der Waals surface area (Å²) in [6, 6.07) is 9.33. The fourth-order valence-corrected chi connectivity index (χ4v) is 2.65. The molecule has 0 saturated carbocycles. The Bertz CT molecular complexity index is 317. The van der Waals surface area contributed by atoms with Crippen LogP contribution >= 0.6 is 15.9 Å². The standard InChI is InChI=1S/C13H19BrN2/c1-2-13(16-9-7-15-8-10-16)11-3-5-12(14)6-4-11/h3-6,13,15H,2,7-10H2,1H3. The molecule has 2 rings (SSSR count). The van der Waals surface area contributed by atoms with E-state index < -0.39 is 0 Å². The van der Waals surface area contributed by atoms with Crippen molar-refractivity contribution in [3.63, 3.8) is 0 Å². The summed E-state index contributed by atoms with van der Waals surface area (Å²) in [5.74, 6) is 0. The normalized spacial score (nSPS) is 19.6. The summed E-state index contributed by atoms with van der Waals surface area (Å²) in [6.45, 7) is 6.83. The number of hydrogen-bond donors (Lipinski definition) is 1. The van der Waals surface area contributed by atoms with E-state index in [9.17, 15) is 0 Å².